The van der Waals surface area contributed by atoms with Crippen LogP contribution in [-0.4, -0.2) is 22.8 Å². The van der Waals surface area contributed by atoms with Crippen molar-refractivity contribution in [3.63, 3.8) is 0 Å². The average Bonchev–Trinajstić information content (AvgIpc) is 2.41. The maximum Gasteiger partial charge on any atom is 0.267 e. The van der Waals surface area contributed by atoms with Crippen LogP contribution in [0.15, 0.2) is 47.4 Å². The van der Waals surface area contributed by atoms with Gasteiger partial charge in [0.15, 0.2) is 0 Å². The molecule has 0 fully saturated rings. The largest absolute Gasteiger partial charge is 0.497 e. The van der Waals surface area contributed by atoms with Gasteiger partial charge in [0.2, 0.25) is 5.91 Å². The number of nitrogens with one attached hydrogen (secondary N) is 1. The molecule has 0 radical (unpaired) electrons. The number of hydrogen-bond donors (Lipinski definition) is 1. The fourth-order valence-electron chi connectivity index (χ4n) is 1.54. The minimum absolute atomic E-state index is 0.128. The number of ether oxygens (including phenoxy) is 1. The van der Waals surface area contributed by atoms with Gasteiger partial charge in [-0.15, -0.1) is 0 Å². The van der Waals surface area contributed by atoms with Crippen molar-refractivity contribution in [1.29, 1.82) is 0 Å². The maximum atomic E-state index is 11.8. The summed E-state index contributed by atoms with van der Waals surface area (Å²) in [5.74, 6) is 0.321. The number of amides is 1. The highest BCUT2D eigenvalue weighted by Crippen LogP contribution is 2.16. The minimum Gasteiger partial charge on any atom is -0.497 e. The Labute approximate surface area is 109 Å². The number of rotatable bonds is 4. The topological polar surface area (TPSA) is 73.2 Å². The quantitative estimate of drug-likeness (QED) is 0.885. The van der Waals surface area contributed by atoms with Crippen molar-refractivity contribution in [1.82, 2.24) is 9.78 Å². The predicted octanol–water partition coefficient (Wildman–Crippen LogP) is 0.891. The van der Waals surface area contributed by atoms with Crippen molar-refractivity contribution >= 4 is 11.6 Å². The number of methoxy groups -OCH3 is 1. The maximum absolute atomic E-state index is 11.8. The number of nitrogens with zero attached hydrogens (tertiary/aromatic N) is 2. The summed E-state index contributed by atoms with van der Waals surface area (Å²) in [5.41, 5.74) is 0.289. The van der Waals surface area contributed by atoms with Gasteiger partial charge in [-0.05, 0) is 18.2 Å². The van der Waals surface area contributed by atoms with Gasteiger partial charge in [0.1, 0.15) is 12.3 Å². The van der Waals surface area contributed by atoms with Gasteiger partial charge in [0, 0.05) is 24.0 Å². The second-order valence-corrected chi connectivity index (χ2v) is 3.80. The van der Waals surface area contributed by atoms with Crippen LogP contribution in [0.3, 0.4) is 0 Å². The fraction of sp³-hybridized carbons (Fsp3) is 0.154. The number of carbonyl (C=O) groups is 1. The molecule has 6 heteroatoms. The van der Waals surface area contributed by atoms with Crippen molar-refractivity contribution in [3.05, 3.63) is 52.9 Å². The van der Waals surface area contributed by atoms with Gasteiger partial charge < -0.3 is 10.1 Å². The Hall–Kier alpha value is -2.63. The standard InChI is InChI=1S/C13H13N3O3/c1-19-11-5-2-4-10(8-11)15-12(17)9-16-13(18)6-3-7-14-16/h2-8H,9H2,1H3,(H,15,17). The molecule has 1 aromatic carbocycles. The number of benzene rings is 1. The highest BCUT2D eigenvalue weighted by molar-refractivity contribution is 5.90. The van der Waals surface area contributed by atoms with Crippen molar-refractivity contribution in [2.45, 2.75) is 6.54 Å². The van der Waals surface area contributed by atoms with Gasteiger partial charge >= 0.3 is 0 Å². The lowest BCUT2D eigenvalue weighted by molar-refractivity contribution is -0.117. The summed E-state index contributed by atoms with van der Waals surface area (Å²) in [4.78, 5) is 23.2. The van der Waals surface area contributed by atoms with E-state index in [1.807, 2.05) is 0 Å². The molecule has 0 spiro atoms. The molecule has 0 aliphatic heterocycles. The average molecular weight is 259 g/mol. The molecular formula is C13H13N3O3. The van der Waals surface area contributed by atoms with E-state index in [9.17, 15) is 9.59 Å². The molecule has 2 aromatic rings. The summed E-state index contributed by atoms with van der Waals surface area (Å²) in [5, 5.41) is 6.49. The van der Waals surface area contributed by atoms with Gasteiger partial charge in [-0.1, -0.05) is 6.07 Å². The molecule has 1 heterocycles. The molecule has 0 aliphatic carbocycles. The van der Waals surface area contributed by atoms with Crippen LogP contribution in [0.2, 0.25) is 0 Å². The SMILES string of the molecule is COc1cccc(NC(=O)Cn2ncccc2=O)c1. The zero-order chi connectivity index (χ0) is 13.7. The van der Waals surface area contributed by atoms with E-state index in [0.717, 1.165) is 4.68 Å². The van der Waals surface area contributed by atoms with Gasteiger partial charge in [0.25, 0.3) is 5.56 Å². The van der Waals surface area contributed by atoms with Crippen molar-refractivity contribution in [2.75, 3.05) is 12.4 Å². The van der Waals surface area contributed by atoms with Gasteiger partial charge in [0.05, 0.1) is 7.11 Å². The highest BCUT2D eigenvalue weighted by atomic mass is 16.5. The second kappa shape index (κ2) is 5.81. The second-order valence-electron chi connectivity index (χ2n) is 3.80. The van der Waals surface area contributed by atoms with Gasteiger partial charge in [-0.2, -0.15) is 5.10 Å². The summed E-state index contributed by atoms with van der Waals surface area (Å²) < 4.78 is 6.15. The lowest BCUT2D eigenvalue weighted by atomic mass is 10.3. The molecular weight excluding hydrogens is 246 g/mol. The van der Waals surface area contributed by atoms with Crippen molar-refractivity contribution < 1.29 is 9.53 Å². The molecule has 0 unspecified atom stereocenters. The summed E-state index contributed by atoms with van der Waals surface area (Å²) in [7, 11) is 1.55. The molecule has 0 aliphatic rings. The Bertz CT molecular complexity index is 637. The molecule has 0 bridgehead atoms. The normalized spacial score (nSPS) is 9.95. The predicted molar refractivity (Wildman–Crippen MR) is 70.1 cm³/mol. The van der Waals surface area contributed by atoms with Crippen LogP contribution in [0.4, 0.5) is 5.69 Å². The summed E-state index contributed by atoms with van der Waals surface area (Å²) in [6.07, 6.45) is 1.46. The molecule has 0 saturated carbocycles. The first-order valence-electron chi connectivity index (χ1n) is 5.65. The Balaban J connectivity index is 2.05. The smallest absolute Gasteiger partial charge is 0.267 e. The third kappa shape index (κ3) is 3.41. The van der Waals surface area contributed by atoms with Crippen LogP contribution in [-0.2, 0) is 11.3 Å². The molecule has 1 N–H and O–H groups in total. The van der Waals surface area contributed by atoms with E-state index in [1.54, 1.807) is 31.4 Å². The lowest BCUT2D eigenvalue weighted by Gasteiger charge is -2.07. The first-order chi connectivity index (χ1) is 9.19. The Morgan fingerprint density at radius 3 is 2.95 bits per heavy atom. The van der Waals surface area contributed by atoms with Crippen LogP contribution in [0.25, 0.3) is 0 Å². The van der Waals surface area contributed by atoms with Gasteiger partial charge in [-0.3, -0.25) is 9.59 Å². The molecule has 1 aromatic heterocycles. The number of aromatic nitrogens is 2. The summed E-state index contributed by atoms with van der Waals surface area (Å²) >= 11 is 0. The molecule has 19 heavy (non-hydrogen) atoms. The van der Waals surface area contributed by atoms with Crippen molar-refractivity contribution in [2.24, 2.45) is 0 Å². The van der Waals surface area contributed by atoms with E-state index in [0.29, 0.717) is 11.4 Å². The van der Waals surface area contributed by atoms with Crippen LogP contribution in [0, 0.1) is 0 Å². The van der Waals surface area contributed by atoms with E-state index in [4.69, 9.17) is 4.74 Å². The number of carbonyl (C=O) groups excluding carboxylic acids is 1. The molecule has 1 amide bonds. The Kier molecular flexibility index (Phi) is 3.92. The summed E-state index contributed by atoms with van der Waals surface area (Å²) in [6, 6.07) is 9.85. The monoisotopic (exact) mass is 259 g/mol. The lowest BCUT2D eigenvalue weighted by Crippen LogP contribution is -2.28. The Morgan fingerprint density at radius 1 is 1.37 bits per heavy atom. The first-order valence-corrected chi connectivity index (χ1v) is 5.65. The van der Waals surface area contributed by atoms with E-state index in [2.05, 4.69) is 10.4 Å². The first kappa shape index (κ1) is 12.8. The van der Waals surface area contributed by atoms with Crippen LogP contribution >= 0.6 is 0 Å². The van der Waals surface area contributed by atoms with Crippen LogP contribution < -0.4 is 15.6 Å². The molecule has 0 atom stereocenters. The fourth-order valence-corrected chi connectivity index (χ4v) is 1.54. The number of hydrogen-bond acceptors (Lipinski definition) is 4. The third-order valence-electron chi connectivity index (χ3n) is 2.43. The Morgan fingerprint density at radius 2 is 2.21 bits per heavy atom. The molecule has 98 valence electrons. The van der Waals surface area contributed by atoms with E-state index >= 15 is 0 Å². The number of anilines is 1. The zero-order valence-electron chi connectivity index (χ0n) is 10.4. The minimum atomic E-state index is -0.325. The van der Waals surface area contributed by atoms with Crippen molar-refractivity contribution in [3.8, 4) is 5.75 Å². The third-order valence-corrected chi connectivity index (χ3v) is 2.43. The molecule has 2 rings (SSSR count). The van der Waals surface area contributed by atoms with Crippen LogP contribution in [0.5, 0.6) is 5.75 Å². The highest BCUT2D eigenvalue weighted by Gasteiger charge is 2.06. The van der Waals surface area contributed by atoms with Crippen LogP contribution in [0.1, 0.15) is 0 Å². The zero-order valence-corrected chi connectivity index (χ0v) is 10.4. The van der Waals surface area contributed by atoms with E-state index < -0.39 is 0 Å². The molecule has 6 nitrogen and oxygen atoms in total. The van der Waals surface area contributed by atoms with E-state index in [-0.39, 0.29) is 18.0 Å². The molecule has 0 saturated heterocycles. The van der Waals surface area contributed by atoms with Gasteiger partial charge in [-0.25, -0.2) is 4.68 Å². The summed E-state index contributed by atoms with van der Waals surface area (Å²) in [6.45, 7) is -0.128. The van der Waals surface area contributed by atoms with E-state index in [1.165, 1.54) is 18.3 Å².